The smallest absolute Gasteiger partial charge is 0.160 e. The molecular formula is C18H21N3. The van der Waals surface area contributed by atoms with Gasteiger partial charge in [0.1, 0.15) is 0 Å². The Labute approximate surface area is 125 Å². The molecule has 108 valence electrons. The van der Waals surface area contributed by atoms with Crippen LogP contribution in [0.25, 0.3) is 5.65 Å². The Bertz CT molecular complexity index is 771. The summed E-state index contributed by atoms with van der Waals surface area (Å²) >= 11 is 0. The number of aryl methyl sites for hydroxylation is 3. The van der Waals surface area contributed by atoms with Gasteiger partial charge in [0.2, 0.25) is 0 Å². The van der Waals surface area contributed by atoms with Gasteiger partial charge in [-0.2, -0.15) is 0 Å². The fourth-order valence-corrected chi connectivity index (χ4v) is 2.70. The fraction of sp³-hybridized carbons (Fsp3) is 0.278. The summed E-state index contributed by atoms with van der Waals surface area (Å²) < 4.78 is 2.14. The molecular weight excluding hydrogens is 258 g/mol. The molecule has 0 aliphatic carbocycles. The first-order valence-corrected chi connectivity index (χ1v) is 7.45. The molecule has 0 atom stereocenters. The van der Waals surface area contributed by atoms with Crippen molar-refractivity contribution in [3.05, 3.63) is 65.1 Å². The van der Waals surface area contributed by atoms with Gasteiger partial charge in [-0.05, 0) is 43.5 Å². The normalized spacial score (nSPS) is 11.0. The molecule has 1 N–H and O–H groups in total. The van der Waals surface area contributed by atoms with Crippen molar-refractivity contribution in [1.29, 1.82) is 0 Å². The summed E-state index contributed by atoms with van der Waals surface area (Å²) in [5, 5.41) is 3.54. The first kappa shape index (κ1) is 13.7. The highest BCUT2D eigenvalue weighted by molar-refractivity contribution is 5.68. The van der Waals surface area contributed by atoms with E-state index in [1.807, 2.05) is 0 Å². The average molecular weight is 279 g/mol. The Hall–Kier alpha value is -2.29. The third-order valence-corrected chi connectivity index (χ3v) is 4.09. The van der Waals surface area contributed by atoms with Crippen LogP contribution < -0.4 is 5.32 Å². The summed E-state index contributed by atoms with van der Waals surface area (Å²) in [6.07, 6.45) is 3.12. The van der Waals surface area contributed by atoms with Crippen LogP contribution in [0.2, 0.25) is 0 Å². The quantitative estimate of drug-likeness (QED) is 0.778. The number of nitrogens with zero attached hydrogens (tertiary/aromatic N) is 2. The number of hydrogen-bond donors (Lipinski definition) is 1. The van der Waals surface area contributed by atoms with Crippen LogP contribution in [-0.2, 0) is 13.0 Å². The molecule has 0 aliphatic rings. The number of aromatic nitrogens is 2. The zero-order chi connectivity index (χ0) is 14.8. The van der Waals surface area contributed by atoms with Gasteiger partial charge in [0, 0.05) is 18.4 Å². The fourth-order valence-electron chi connectivity index (χ4n) is 2.70. The van der Waals surface area contributed by atoms with E-state index in [4.69, 9.17) is 0 Å². The number of fused-ring (bicyclic) bond motifs is 1. The Morgan fingerprint density at radius 3 is 2.57 bits per heavy atom. The van der Waals surface area contributed by atoms with Crippen LogP contribution >= 0.6 is 0 Å². The lowest BCUT2D eigenvalue weighted by molar-refractivity contribution is 1.04. The number of rotatable bonds is 4. The molecule has 0 saturated carbocycles. The maximum atomic E-state index is 4.67. The van der Waals surface area contributed by atoms with Crippen molar-refractivity contribution in [3.8, 4) is 0 Å². The summed E-state index contributed by atoms with van der Waals surface area (Å²) in [7, 11) is 0. The van der Waals surface area contributed by atoms with Crippen molar-refractivity contribution >= 4 is 11.3 Å². The molecule has 0 spiro atoms. The maximum Gasteiger partial charge on any atom is 0.160 e. The summed E-state index contributed by atoms with van der Waals surface area (Å²) in [6.45, 7) is 7.18. The number of anilines is 1. The topological polar surface area (TPSA) is 29.3 Å². The zero-order valence-corrected chi connectivity index (χ0v) is 12.9. The molecule has 1 aromatic carbocycles. The number of hydrogen-bond acceptors (Lipinski definition) is 2. The summed E-state index contributed by atoms with van der Waals surface area (Å²) in [4.78, 5) is 4.67. The first-order valence-electron chi connectivity index (χ1n) is 7.45. The molecule has 0 bridgehead atoms. The second-order valence-corrected chi connectivity index (χ2v) is 5.37. The van der Waals surface area contributed by atoms with Gasteiger partial charge in [-0.1, -0.05) is 31.2 Å². The van der Waals surface area contributed by atoms with Crippen molar-refractivity contribution in [1.82, 2.24) is 9.38 Å². The lowest BCUT2D eigenvalue weighted by atomic mass is 10.1. The van der Waals surface area contributed by atoms with E-state index in [-0.39, 0.29) is 0 Å². The summed E-state index contributed by atoms with van der Waals surface area (Å²) in [5.41, 5.74) is 7.11. The standard InChI is InChI=1S/C18H21N3/c1-4-15-8-5-6-9-16(15)12-19-17-10-7-11-21-14(3)13(2)20-18(17)21/h5-11,19H,4,12H2,1-3H3. The van der Waals surface area contributed by atoms with Crippen LogP contribution in [0.3, 0.4) is 0 Å². The van der Waals surface area contributed by atoms with E-state index in [1.165, 1.54) is 16.8 Å². The molecule has 2 aromatic heterocycles. The molecule has 0 amide bonds. The maximum absolute atomic E-state index is 4.67. The van der Waals surface area contributed by atoms with E-state index in [2.05, 4.69) is 78.1 Å². The first-order chi connectivity index (χ1) is 10.2. The second-order valence-electron chi connectivity index (χ2n) is 5.37. The summed E-state index contributed by atoms with van der Waals surface area (Å²) in [5.74, 6) is 0. The Balaban J connectivity index is 1.90. The largest absolute Gasteiger partial charge is 0.378 e. The number of benzene rings is 1. The van der Waals surface area contributed by atoms with Crippen LogP contribution in [-0.4, -0.2) is 9.38 Å². The van der Waals surface area contributed by atoms with Gasteiger partial charge in [0.25, 0.3) is 0 Å². The van der Waals surface area contributed by atoms with E-state index < -0.39 is 0 Å². The van der Waals surface area contributed by atoms with Gasteiger partial charge in [0.05, 0.1) is 11.4 Å². The molecule has 3 aromatic rings. The minimum atomic E-state index is 0.828. The average Bonchev–Trinajstić information content (AvgIpc) is 2.81. The Morgan fingerprint density at radius 2 is 1.81 bits per heavy atom. The third kappa shape index (κ3) is 2.51. The predicted octanol–water partition coefficient (Wildman–Crippen LogP) is 4.13. The molecule has 0 radical (unpaired) electrons. The van der Waals surface area contributed by atoms with Crippen LogP contribution in [0, 0.1) is 13.8 Å². The predicted molar refractivity (Wildman–Crippen MR) is 87.8 cm³/mol. The van der Waals surface area contributed by atoms with Gasteiger partial charge in [0.15, 0.2) is 5.65 Å². The van der Waals surface area contributed by atoms with Gasteiger partial charge in [-0.3, -0.25) is 0 Å². The van der Waals surface area contributed by atoms with Gasteiger partial charge < -0.3 is 9.72 Å². The minimum absolute atomic E-state index is 0.828. The van der Waals surface area contributed by atoms with E-state index in [9.17, 15) is 0 Å². The molecule has 0 fully saturated rings. The molecule has 3 nitrogen and oxygen atoms in total. The number of imidazole rings is 1. The monoisotopic (exact) mass is 279 g/mol. The minimum Gasteiger partial charge on any atom is -0.378 e. The van der Waals surface area contributed by atoms with Crippen molar-refractivity contribution in [2.24, 2.45) is 0 Å². The number of pyridine rings is 1. The lowest BCUT2D eigenvalue weighted by Gasteiger charge is -2.11. The molecule has 0 aliphatic heterocycles. The van der Waals surface area contributed by atoms with E-state index >= 15 is 0 Å². The molecule has 0 unspecified atom stereocenters. The molecule has 0 saturated heterocycles. The van der Waals surface area contributed by atoms with Crippen molar-refractivity contribution in [2.75, 3.05) is 5.32 Å². The second kappa shape index (κ2) is 5.60. The Morgan fingerprint density at radius 1 is 1.05 bits per heavy atom. The third-order valence-electron chi connectivity index (χ3n) is 4.09. The van der Waals surface area contributed by atoms with Gasteiger partial charge in [-0.15, -0.1) is 0 Å². The van der Waals surface area contributed by atoms with Crippen molar-refractivity contribution in [3.63, 3.8) is 0 Å². The van der Waals surface area contributed by atoms with Crippen LogP contribution in [0.15, 0.2) is 42.6 Å². The van der Waals surface area contributed by atoms with Gasteiger partial charge in [-0.25, -0.2) is 4.98 Å². The van der Waals surface area contributed by atoms with Gasteiger partial charge >= 0.3 is 0 Å². The van der Waals surface area contributed by atoms with Crippen LogP contribution in [0.5, 0.6) is 0 Å². The van der Waals surface area contributed by atoms with Crippen LogP contribution in [0.1, 0.15) is 29.4 Å². The molecule has 3 heteroatoms. The SMILES string of the molecule is CCc1ccccc1CNc1cccn2c(C)c(C)nc12. The number of nitrogens with one attached hydrogen (secondary N) is 1. The van der Waals surface area contributed by atoms with E-state index in [0.29, 0.717) is 0 Å². The lowest BCUT2D eigenvalue weighted by Crippen LogP contribution is -2.04. The van der Waals surface area contributed by atoms with Crippen molar-refractivity contribution < 1.29 is 0 Å². The van der Waals surface area contributed by atoms with Crippen LogP contribution in [0.4, 0.5) is 5.69 Å². The summed E-state index contributed by atoms with van der Waals surface area (Å²) in [6, 6.07) is 12.7. The van der Waals surface area contributed by atoms with E-state index in [1.54, 1.807) is 0 Å². The molecule has 3 rings (SSSR count). The molecule has 2 heterocycles. The highest BCUT2D eigenvalue weighted by atomic mass is 15.0. The van der Waals surface area contributed by atoms with Crippen molar-refractivity contribution in [2.45, 2.75) is 33.7 Å². The Kier molecular flexibility index (Phi) is 3.65. The highest BCUT2D eigenvalue weighted by Crippen LogP contribution is 2.20. The van der Waals surface area contributed by atoms with E-state index in [0.717, 1.165) is 30.0 Å². The zero-order valence-electron chi connectivity index (χ0n) is 12.9. The molecule has 21 heavy (non-hydrogen) atoms. The highest BCUT2D eigenvalue weighted by Gasteiger charge is 2.08.